The minimum Gasteiger partial charge on any atom is -0.354 e. The maximum Gasteiger partial charge on any atom is 0.244 e. The molecule has 7 nitrogen and oxygen atoms in total. The second kappa shape index (κ2) is 13.9. The van der Waals surface area contributed by atoms with Gasteiger partial charge >= 0.3 is 0 Å². The van der Waals surface area contributed by atoms with Gasteiger partial charge in [0.2, 0.25) is 21.8 Å². The summed E-state index contributed by atoms with van der Waals surface area (Å²) in [5.74, 6) is -0.721. The highest BCUT2D eigenvalue weighted by atomic mass is 32.2. The Morgan fingerprint density at radius 2 is 1.41 bits per heavy atom. The summed E-state index contributed by atoms with van der Waals surface area (Å²) in [6.07, 6.45) is 3.14. The Bertz CT molecular complexity index is 1550. The Morgan fingerprint density at radius 3 is 2.07 bits per heavy atom. The molecule has 0 saturated heterocycles. The van der Waals surface area contributed by atoms with Crippen LogP contribution in [-0.4, -0.2) is 50.5 Å². The smallest absolute Gasteiger partial charge is 0.244 e. The lowest BCUT2D eigenvalue weighted by molar-refractivity contribution is -0.140. The quantitative estimate of drug-likeness (QED) is 0.225. The number of carbonyl (C=O) groups is 2. The SMILES string of the molecule is CCCCNC(=O)[C@H](Cc1ccccc1)N(Cc1ccccc1)C(=O)CN(c1cccc2ccccc12)S(C)(=O)=O. The monoisotopic (exact) mass is 571 g/mol. The molecule has 0 spiro atoms. The van der Waals surface area contributed by atoms with Gasteiger partial charge in [0.15, 0.2) is 0 Å². The van der Waals surface area contributed by atoms with Crippen molar-refractivity contribution in [2.75, 3.05) is 23.7 Å². The summed E-state index contributed by atoms with van der Waals surface area (Å²) in [7, 11) is -3.85. The molecule has 1 N–H and O–H groups in total. The summed E-state index contributed by atoms with van der Waals surface area (Å²) in [5, 5.41) is 4.59. The van der Waals surface area contributed by atoms with Crippen molar-refractivity contribution >= 4 is 38.3 Å². The molecule has 214 valence electrons. The van der Waals surface area contributed by atoms with Crippen LogP contribution in [0.2, 0.25) is 0 Å². The van der Waals surface area contributed by atoms with Crippen molar-refractivity contribution in [2.24, 2.45) is 0 Å². The third kappa shape index (κ3) is 7.95. The van der Waals surface area contributed by atoms with Crippen LogP contribution in [-0.2, 0) is 32.6 Å². The summed E-state index contributed by atoms with van der Waals surface area (Å²) in [6.45, 7) is 2.27. The number of hydrogen-bond acceptors (Lipinski definition) is 4. The van der Waals surface area contributed by atoms with E-state index in [0.717, 1.165) is 45.3 Å². The number of fused-ring (bicyclic) bond motifs is 1. The van der Waals surface area contributed by atoms with Gasteiger partial charge in [-0.3, -0.25) is 13.9 Å². The van der Waals surface area contributed by atoms with Crippen LogP contribution in [0.15, 0.2) is 103 Å². The predicted molar refractivity (Wildman–Crippen MR) is 165 cm³/mol. The zero-order valence-corrected chi connectivity index (χ0v) is 24.4. The number of carbonyl (C=O) groups excluding carboxylic acids is 2. The van der Waals surface area contributed by atoms with Gasteiger partial charge in [-0.1, -0.05) is 110 Å². The van der Waals surface area contributed by atoms with E-state index in [2.05, 4.69) is 5.32 Å². The van der Waals surface area contributed by atoms with Crippen LogP contribution in [0.1, 0.15) is 30.9 Å². The first-order valence-corrected chi connectivity index (χ1v) is 15.7. The Labute approximate surface area is 242 Å². The minimum absolute atomic E-state index is 0.158. The molecule has 4 rings (SSSR count). The molecular formula is C33H37N3O4S. The van der Waals surface area contributed by atoms with Gasteiger partial charge < -0.3 is 10.2 Å². The van der Waals surface area contributed by atoms with Crippen molar-refractivity contribution in [3.05, 3.63) is 114 Å². The van der Waals surface area contributed by atoms with Crippen LogP contribution >= 0.6 is 0 Å². The maximum absolute atomic E-state index is 14.2. The maximum atomic E-state index is 14.2. The van der Waals surface area contributed by atoms with Crippen molar-refractivity contribution < 1.29 is 18.0 Å². The fourth-order valence-electron chi connectivity index (χ4n) is 4.86. The Hall–Kier alpha value is -4.17. The van der Waals surface area contributed by atoms with Crippen molar-refractivity contribution in [2.45, 2.75) is 38.8 Å². The first kappa shape index (κ1) is 29.8. The number of rotatable bonds is 13. The van der Waals surface area contributed by atoms with Gasteiger partial charge in [0, 0.05) is 24.9 Å². The van der Waals surface area contributed by atoms with Crippen LogP contribution in [0.4, 0.5) is 5.69 Å². The molecule has 0 aliphatic heterocycles. The molecule has 8 heteroatoms. The minimum atomic E-state index is -3.85. The molecule has 0 aliphatic rings. The Kier molecular flexibility index (Phi) is 10.1. The van der Waals surface area contributed by atoms with Gasteiger partial charge in [0.25, 0.3) is 0 Å². The zero-order valence-electron chi connectivity index (χ0n) is 23.6. The van der Waals surface area contributed by atoms with E-state index in [4.69, 9.17) is 0 Å². The van der Waals surface area contributed by atoms with E-state index in [-0.39, 0.29) is 12.5 Å². The molecule has 41 heavy (non-hydrogen) atoms. The van der Waals surface area contributed by atoms with Crippen LogP contribution in [0.5, 0.6) is 0 Å². The van der Waals surface area contributed by atoms with Gasteiger partial charge in [0.05, 0.1) is 11.9 Å². The second-order valence-electron chi connectivity index (χ2n) is 10.1. The molecule has 1 atom stereocenters. The van der Waals surface area contributed by atoms with E-state index in [1.807, 2.05) is 97.9 Å². The molecule has 4 aromatic rings. The van der Waals surface area contributed by atoms with Gasteiger partial charge in [-0.15, -0.1) is 0 Å². The third-order valence-electron chi connectivity index (χ3n) is 7.01. The summed E-state index contributed by atoms with van der Waals surface area (Å²) >= 11 is 0. The molecule has 0 radical (unpaired) electrons. The normalized spacial score (nSPS) is 12.0. The highest BCUT2D eigenvalue weighted by Gasteiger charge is 2.33. The molecule has 4 aromatic carbocycles. The van der Waals surface area contributed by atoms with E-state index in [0.29, 0.717) is 18.7 Å². The Morgan fingerprint density at radius 1 is 0.805 bits per heavy atom. The van der Waals surface area contributed by atoms with Crippen molar-refractivity contribution in [1.82, 2.24) is 10.2 Å². The summed E-state index contributed by atoms with van der Waals surface area (Å²) in [4.78, 5) is 29.4. The lowest BCUT2D eigenvalue weighted by atomic mass is 10.0. The van der Waals surface area contributed by atoms with Crippen LogP contribution < -0.4 is 9.62 Å². The highest BCUT2D eigenvalue weighted by molar-refractivity contribution is 7.92. The van der Waals surface area contributed by atoms with E-state index in [1.54, 1.807) is 12.1 Å². The van der Waals surface area contributed by atoms with E-state index >= 15 is 0 Å². The average Bonchev–Trinajstić information content (AvgIpc) is 2.98. The first-order valence-electron chi connectivity index (χ1n) is 13.9. The second-order valence-corrected chi connectivity index (χ2v) is 12.0. The van der Waals surface area contributed by atoms with Crippen molar-refractivity contribution in [3.8, 4) is 0 Å². The molecule has 2 amide bonds. The van der Waals surface area contributed by atoms with Crippen LogP contribution in [0, 0.1) is 0 Å². The molecule has 0 saturated carbocycles. The van der Waals surface area contributed by atoms with E-state index in [1.165, 1.54) is 4.90 Å². The van der Waals surface area contributed by atoms with Crippen LogP contribution in [0.3, 0.4) is 0 Å². The lowest BCUT2D eigenvalue weighted by Crippen LogP contribution is -2.53. The largest absolute Gasteiger partial charge is 0.354 e. The summed E-state index contributed by atoms with van der Waals surface area (Å²) in [6, 6.07) is 31.0. The van der Waals surface area contributed by atoms with Crippen LogP contribution in [0.25, 0.3) is 10.8 Å². The fourth-order valence-corrected chi connectivity index (χ4v) is 5.72. The highest BCUT2D eigenvalue weighted by Crippen LogP contribution is 2.29. The number of hydrogen-bond donors (Lipinski definition) is 1. The van der Waals surface area contributed by atoms with Gasteiger partial charge in [-0.25, -0.2) is 8.42 Å². The molecule has 0 unspecified atom stereocenters. The lowest BCUT2D eigenvalue weighted by Gasteiger charge is -2.33. The number of unbranched alkanes of at least 4 members (excludes halogenated alkanes) is 1. The van der Waals surface area contributed by atoms with E-state index < -0.39 is 28.5 Å². The standard InChI is InChI=1S/C33H37N3O4S/c1-3-4-22-34-33(38)31(23-26-14-7-5-8-15-26)35(24-27-16-9-6-10-17-27)32(37)25-36(41(2,39)40)30-21-13-19-28-18-11-12-20-29(28)30/h5-21,31H,3-4,22-25H2,1-2H3,(H,34,38)/t31-/m0/s1. The van der Waals surface area contributed by atoms with Gasteiger partial charge in [0.1, 0.15) is 12.6 Å². The predicted octanol–water partition coefficient (Wildman–Crippen LogP) is 5.16. The third-order valence-corrected chi connectivity index (χ3v) is 8.14. The molecule has 0 bridgehead atoms. The number of nitrogens with one attached hydrogen (secondary N) is 1. The topological polar surface area (TPSA) is 86.8 Å². The fraction of sp³-hybridized carbons (Fsp3) is 0.273. The number of anilines is 1. The van der Waals surface area contributed by atoms with Gasteiger partial charge in [-0.2, -0.15) is 0 Å². The number of sulfonamides is 1. The van der Waals surface area contributed by atoms with Crippen molar-refractivity contribution in [3.63, 3.8) is 0 Å². The molecular weight excluding hydrogens is 534 g/mol. The Balaban J connectivity index is 1.75. The van der Waals surface area contributed by atoms with E-state index in [9.17, 15) is 18.0 Å². The number of benzene rings is 4. The average molecular weight is 572 g/mol. The number of amides is 2. The molecule has 0 aliphatic carbocycles. The molecule has 0 heterocycles. The van der Waals surface area contributed by atoms with Gasteiger partial charge in [-0.05, 0) is 29.0 Å². The molecule has 0 aromatic heterocycles. The zero-order chi connectivity index (χ0) is 29.2. The first-order chi connectivity index (χ1) is 19.8. The molecule has 0 fully saturated rings. The van der Waals surface area contributed by atoms with Crippen molar-refractivity contribution in [1.29, 1.82) is 0 Å². The summed E-state index contributed by atoms with van der Waals surface area (Å²) < 4.78 is 27.4. The summed E-state index contributed by atoms with van der Waals surface area (Å²) in [5.41, 5.74) is 2.17. The number of nitrogens with zero attached hydrogens (tertiary/aromatic N) is 2.